The molecule has 9 heteroatoms. The Balaban J connectivity index is 4.28. The van der Waals surface area contributed by atoms with E-state index in [0.29, 0.717) is 32.4 Å². The van der Waals surface area contributed by atoms with Crippen LogP contribution in [0, 0.1) is 16.7 Å². The molecule has 1 amide bonds. The summed E-state index contributed by atoms with van der Waals surface area (Å²) in [6.45, 7) is 11.8. The van der Waals surface area contributed by atoms with E-state index >= 15 is 0 Å². The molecule has 29 heavy (non-hydrogen) atoms. The molecule has 0 aliphatic heterocycles. The van der Waals surface area contributed by atoms with Crippen molar-refractivity contribution in [3.05, 3.63) is 0 Å². The second kappa shape index (κ2) is 12.8. The lowest BCUT2D eigenvalue weighted by Gasteiger charge is -2.28. The molecule has 0 rings (SSSR count). The van der Waals surface area contributed by atoms with Gasteiger partial charge in [0.2, 0.25) is 5.91 Å². The predicted molar refractivity (Wildman–Crippen MR) is 125 cm³/mol. The zero-order valence-electron chi connectivity index (χ0n) is 18.3. The number of carbonyl (C=O) groups excluding carboxylic acids is 1. The van der Waals surface area contributed by atoms with Crippen molar-refractivity contribution in [1.82, 2.24) is 5.32 Å². The van der Waals surface area contributed by atoms with Crippen LogP contribution in [0.2, 0.25) is 0 Å². The Morgan fingerprint density at radius 1 is 1.17 bits per heavy atom. The molecule has 0 saturated heterocycles. The van der Waals surface area contributed by atoms with Gasteiger partial charge in [-0.3, -0.25) is 9.59 Å². The van der Waals surface area contributed by atoms with Crippen LogP contribution in [0.4, 0.5) is 0 Å². The van der Waals surface area contributed by atoms with Gasteiger partial charge in [0.25, 0.3) is 0 Å². The zero-order chi connectivity index (χ0) is 22.7. The van der Waals surface area contributed by atoms with Crippen molar-refractivity contribution in [2.24, 2.45) is 5.41 Å². The van der Waals surface area contributed by atoms with Gasteiger partial charge in [0, 0.05) is 19.6 Å². The van der Waals surface area contributed by atoms with Gasteiger partial charge in [-0.2, -0.15) is 5.26 Å². The van der Waals surface area contributed by atoms with Gasteiger partial charge in [0.05, 0.1) is 17.1 Å². The Hall–Kier alpha value is -0.820. The molecule has 0 aromatic heterocycles. The Morgan fingerprint density at radius 2 is 1.79 bits per heavy atom. The predicted octanol–water partition coefficient (Wildman–Crippen LogP) is 4.62. The van der Waals surface area contributed by atoms with E-state index < -0.39 is 21.7 Å². The van der Waals surface area contributed by atoms with E-state index in [1.165, 1.54) is 23.5 Å². The molecule has 166 valence electrons. The number of nitrogens with zero attached hydrogens (tertiary/aromatic N) is 1. The summed E-state index contributed by atoms with van der Waals surface area (Å²) >= 11 is 8.13. The van der Waals surface area contributed by atoms with E-state index in [0.717, 1.165) is 9.28 Å². The monoisotopic (exact) mass is 462 g/mol. The molecule has 6 nitrogen and oxygen atoms in total. The highest BCUT2D eigenvalue weighted by atomic mass is 32.2. The molecule has 0 aliphatic rings. The van der Waals surface area contributed by atoms with Crippen LogP contribution in [0.5, 0.6) is 0 Å². The lowest BCUT2D eigenvalue weighted by molar-refractivity contribution is -0.149. The summed E-state index contributed by atoms with van der Waals surface area (Å²) < 4.78 is 5.83. The van der Waals surface area contributed by atoms with Crippen molar-refractivity contribution >= 4 is 51.1 Å². The maximum absolute atomic E-state index is 12.1. The molecule has 1 atom stereocenters. The average molecular weight is 463 g/mol. The molecule has 0 radical (unpaired) electrons. The van der Waals surface area contributed by atoms with E-state index in [1.807, 2.05) is 27.7 Å². The van der Waals surface area contributed by atoms with Gasteiger partial charge < -0.3 is 15.2 Å². The number of amides is 1. The number of hydrogen-bond acceptors (Lipinski definition) is 7. The first-order chi connectivity index (χ1) is 13.3. The largest absolute Gasteiger partial charge is 0.481 e. The lowest BCUT2D eigenvalue weighted by atomic mass is 9.90. The highest BCUT2D eigenvalue weighted by molar-refractivity contribution is 8.47. The minimum atomic E-state index is -0.845. The van der Waals surface area contributed by atoms with Crippen LogP contribution >= 0.6 is 35.7 Å². The number of thioether (sulfide) groups is 2. The minimum absolute atomic E-state index is 0.107. The SMILES string of the molecule is CCSC(=S)SC(C)(C#N)CCC(=O)NCCC(C)(C)OCCC(C)(C)C(=O)O. The summed E-state index contributed by atoms with van der Waals surface area (Å²) in [4.78, 5) is 23.3. The first-order valence-corrected chi connectivity index (χ1v) is 11.9. The first kappa shape index (κ1) is 28.2. The molecular formula is C20H34N2O4S3. The normalized spacial score (nSPS) is 14.0. The fraction of sp³-hybridized carbons (Fsp3) is 0.800. The van der Waals surface area contributed by atoms with Crippen molar-refractivity contribution < 1.29 is 19.4 Å². The Labute approximate surface area is 188 Å². The van der Waals surface area contributed by atoms with E-state index in [2.05, 4.69) is 11.4 Å². The number of ether oxygens (including phenoxy) is 1. The van der Waals surface area contributed by atoms with E-state index in [1.54, 1.807) is 13.8 Å². The van der Waals surface area contributed by atoms with Crippen molar-refractivity contribution in [3.8, 4) is 6.07 Å². The van der Waals surface area contributed by atoms with Gasteiger partial charge in [-0.05, 0) is 59.6 Å². The highest BCUT2D eigenvalue weighted by Crippen LogP contribution is 2.34. The second-order valence-electron chi connectivity index (χ2n) is 8.27. The molecule has 0 saturated carbocycles. The molecule has 0 aromatic rings. The number of carboxylic acids is 1. The third kappa shape index (κ3) is 12.5. The smallest absolute Gasteiger partial charge is 0.309 e. The number of nitrogens with one attached hydrogen (secondary N) is 1. The zero-order valence-corrected chi connectivity index (χ0v) is 20.7. The minimum Gasteiger partial charge on any atom is -0.481 e. The Bertz CT molecular complexity index is 617. The van der Waals surface area contributed by atoms with Gasteiger partial charge in [-0.15, -0.1) is 11.8 Å². The third-order valence-corrected chi connectivity index (χ3v) is 7.13. The van der Waals surface area contributed by atoms with Crippen LogP contribution in [0.15, 0.2) is 0 Å². The summed E-state index contributed by atoms with van der Waals surface area (Å²) in [7, 11) is 0. The molecule has 0 spiro atoms. The molecule has 0 bridgehead atoms. The van der Waals surface area contributed by atoms with Crippen molar-refractivity contribution in [3.63, 3.8) is 0 Å². The third-order valence-electron chi connectivity index (χ3n) is 4.48. The molecule has 2 N–H and O–H groups in total. The molecule has 0 heterocycles. The summed E-state index contributed by atoms with van der Waals surface area (Å²) in [5.74, 6) is -0.0915. The number of rotatable bonds is 13. The maximum atomic E-state index is 12.1. The number of carbonyl (C=O) groups is 2. The first-order valence-electron chi connectivity index (χ1n) is 9.68. The van der Waals surface area contributed by atoms with E-state index in [9.17, 15) is 14.9 Å². The fourth-order valence-corrected chi connectivity index (χ4v) is 5.07. The molecule has 0 fully saturated rings. The Morgan fingerprint density at radius 3 is 2.31 bits per heavy atom. The number of hydrogen-bond donors (Lipinski definition) is 2. The van der Waals surface area contributed by atoms with E-state index in [4.69, 9.17) is 22.1 Å². The van der Waals surface area contributed by atoms with E-state index in [-0.39, 0.29) is 12.3 Å². The highest BCUT2D eigenvalue weighted by Gasteiger charge is 2.29. The van der Waals surface area contributed by atoms with Gasteiger partial charge in [0.15, 0.2) is 0 Å². The topological polar surface area (TPSA) is 99.4 Å². The quantitative estimate of drug-likeness (QED) is 0.382. The van der Waals surface area contributed by atoms with Gasteiger partial charge >= 0.3 is 5.97 Å². The average Bonchev–Trinajstić information content (AvgIpc) is 2.59. The maximum Gasteiger partial charge on any atom is 0.309 e. The van der Waals surface area contributed by atoms with Crippen molar-refractivity contribution in [2.45, 2.75) is 77.6 Å². The van der Waals surface area contributed by atoms with Gasteiger partial charge in [-0.25, -0.2) is 0 Å². The van der Waals surface area contributed by atoms with Gasteiger partial charge in [0.1, 0.15) is 8.28 Å². The van der Waals surface area contributed by atoms with Crippen LogP contribution in [0.3, 0.4) is 0 Å². The number of aliphatic carboxylic acids is 1. The second-order valence-corrected chi connectivity index (χ2v) is 12.2. The molecule has 0 aromatic carbocycles. The summed E-state index contributed by atoms with van der Waals surface area (Å²) in [5, 5.41) is 21.5. The van der Waals surface area contributed by atoms with Crippen molar-refractivity contribution in [2.75, 3.05) is 18.9 Å². The van der Waals surface area contributed by atoms with Gasteiger partial charge in [-0.1, -0.05) is 30.9 Å². The standard InChI is InChI=1S/C20H34N2O4S3/c1-7-28-17(27)29-20(6,14-21)9-8-15(23)22-12-10-19(4,5)26-13-11-18(2,3)16(24)25/h7-13H2,1-6H3,(H,22,23)(H,24,25). The number of carboxylic acid groups (broad SMARTS) is 1. The molecular weight excluding hydrogens is 428 g/mol. The van der Waals surface area contributed by atoms with Crippen molar-refractivity contribution in [1.29, 1.82) is 5.26 Å². The summed E-state index contributed by atoms with van der Waals surface area (Å²) in [6, 6.07) is 2.27. The number of nitriles is 1. The van der Waals surface area contributed by atoms with Crippen LogP contribution in [0.25, 0.3) is 0 Å². The fourth-order valence-electron chi connectivity index (χ4n) is 2.17. The van der Waals surface area contributed by atoms with Crippen LogP contribution in [-0.4, -0.2) is 49.8 Å². The lowest BCUT2D eigenvalue weighted by Crippen LogP contribution is -2.35. The summed E-state index contributed by atoms with van der Waals surface area (Å²) in [5.41, 5.74) is -1.30. The molecule has 0 aliphatic carbocycles. The Kier molecular flexibility index (Phi) is 12.4. The van der Waals surface area contributed by atoms with Crippen LogP contribution in [0.1, 0.15) is 67.2 Å². The molecule has 1 unspecified atom stereocenters. The summed E-state index contributed by atoms with van der Waals surface area (Å²) in [6.07, 6.45) is 1.70. The number of thiocarbonyl (C=S) groups is 1. The van der Waals surface area contributed by atoms with Crippen LogP contribution in [-0.2, 0) is 14.3 Å². The van der Waals surface area contributed by atoms with Crippen LogP contribution < -0.4 is 5.32 Å².